The van der Waals surface area contributed by atoms with Gasteiger partial charge in [-0.05, 0) is 38.0 Å². The van der Waals surface area contributed by atoms with Crippen molar-refractivity contribution in [3.05, 3.63) is 34.6 Å². The highest BCUT2D eigenvalue weighted by molar-refractivity contribution is 7.99. The average molecular weight is 409 g/mol. The van der Waals surface area contributed by atoms with E-state index in [-0.39, 0.29) is 5.91 Å². The fourth-order valence-corrected chi connectivity index (χ4v) is 3.87. The van der Waals surface area contributed by atoms with Crippen molar-refractivity contribution in [2.75, 3.05) is 11.1 Å². The average Bonchev–Trinajstić information content (AvgIpc) is 3.05. The van der Waals surface area contributed by atoms with E-state index in [1.54, 1.807) is 0 Å². The van der Waals surface area contributed by atoms with E-state index >= 15 is 0 Å². The van der Waals surface area contributed by atoms with Crippen molar-refractivity contribution in [3.8, 4) is 0 Å². The lowest BCUT2D eigenvalue weighted by molar-refractivity contribution is -0.113. The van der Waals surface area contributed by atoms with Crippen LogP contribution in [0.5, 0.6) is 0 Å². The Morgan fingerprint density at radius 1 is 1.19 bits per heavy atom. The van der Waals surface area contributed by atoms with Crippen LogP contribution in [0.3, 0.4) is 0 Å². The minimum Gasteiger partial charge on any atom is -0.325 e. The number of hydrogen-bond donors (Lipinski definition) is 1. The highest BCUT2D eigenvalue weighted by Gasteiger charge is 2.14. The zero-order valence-corrected chi connectivity index (χ0v) is 18.0. The van der Waals surface area contributed by atoms with Crippen LogP contribution in [0.15, 0.2) is 23.4 Å². The van der Waals surface area contributed by atoms with Gasteiger partial charge in [-0.3, -0.25) is 4.79 Å². The summed E-state index contributed by atoms with van der Waals surface area (Å²) in [4.78, 5) is 12.3. The van der Waals surface area contributed by atoms with Gasteiger partial charge in [0, 0.05) is 23.7 Å². The van der Waals surface area contributed by atoms with Crippen molar-refractivity contribution in [3.63, 3.8) is 0 Å². The maximum atomic E-state index is 12.3. The van der Waals surface area contributed by atoms with Gasteiger partial charge in [0.1, 0.15) is 5.82 Å². The molecule has 0 aliphatic heterocycles. The van der Waals surface area contributed by atoms with Crippen LogP contribution in [-0.2, 0) is 17.8 Å². The van der Waals surface area contributed by atoms with Crippen LogP contribution >= 0.6 is 23.4 Å². The molecule has 27 heavy (non-hydrogen) atoms. The number of benzene rings is 1. The fraction of sp³-hybridized carbons (Fsp3) is 0.550. The molecule has 1 amide bonds. The topological polar surface area (TPSA) is 59.8 Å². The summed E-state index contributed by atoms with van der Waals surface area (Å²) in [6, 6.07) is 5.50. The van der Waals surface area contributed by atoms with E-state index in [1.165, 1.54) is 37.4 Å². The fourth-order valence-electron chi connectivity index (χ4n) is 2.87. The van der Waals surface area contributed by atoms with Crippen LogP contribution in [0.4, 0.5) is 5.69 Å². The molecule has 148 valence electrons. The van der Waals surface area contributed by atoms with Crippen molar-refractivity contribution < 1.29 is 4.79 Å². The smallest absolute Gasteiger partial charge is 0.234 e. The number of carbonyl (C=O) groups is 1. The normalized spacial score (nSPS) is 11.0. The van der Waals surface area contributed by atoms with Crippen molar-refractivity contribution in [1.29, 1.82) is 0 Å². The van der Waals surface area contributed by atoms with Crippen molar-refractivity contribution in [2.24, 2.45) is 0 Å². The number of nitrogens with one attached hydrogen (secondary N) is 1. The summed E-state index contributed by atoms with van der Waals surface area (Å²) in [5, 5.41) is 13.0. The second-order valence-electron chi connectivity index (χ2n) is 6.56. The van der Waals surface area contributed by atoms with E-state index in [9.17, 15) is 4.79 Å². The number of halogens is 1. The number of unbranched alkanes of at least 4 members (excludes halogenated alkanes) is 4. The predicted molar refractivity (Wildman–Crippen MR) is 114 cm³/mol. The highest BCUT2D eigenvalue weighted by atomic mass is 35.5. The number of amides is 1. The maximum absolute atomic E-state index is 12.3. The lowest BCUT2D eigenvalue weighted by Crippen LogP contribution is -2.15. The van der Waals surface area contributed by atoms with Crippen LogP contribution in [-0.4, -0.2) is 26.4 Å². The number of rotatable bonds is 11. The maximum Gasteiger partial charge on any atom is 0.234 e. The summed E-state index contributed by atoms with van der Waals surface area (Å²) >= 11 is 7.53. The van der Waals surface area contributed by atoms with E-state index in [0.29, 0.717) is 10.8 Å². The molecule has 2 rings (SSSR count). The Balaban J connectivity index is 1.87. The number of anilines is 1. The zero-order valence-electron chi connectivity index (χ0n) is 16.4. The van der Waals surface area contributed by atoms with E-state index in [1.807, 2.05) is 25.1 Å². The van der Waals surface area contributed by atoms with E-state index in [2.05, 4.69) is 33.9 Å². The Hall–Kier alpha value is -1.53. The molecule has 0 unspecified atom stereocenters. The van der Waals surface area contributed by atoms with Crippen molar-refractivity contribution in [1.82, 2.24) is 14.8 Å². The third-order valence-corrected chi connectivity index (χ3v) is 5.86. The SMILES string of the molecule is CCCCCCCc1nnc(SCC(=O)Nc2cccc(Cl)c2C)n1CC. The lowest BCUT2D eigenvalue weighted by Gasteiger charge is -2.10. The van der Waals surface area contributed by atoms with E-state index in [4.69, 9.17) is 11.6 Å². The molecule has 1 heterocycles. The molecule has 0 spiro atoms. The van der Waals surface area contributed by atoms with Crippen molar-refractivity contribution >= 4 is 35.0 Å². The molecule has 1 N–H and O–H groups in total. The summed E-state index contributed by atoms with van der Waals surface area (Å²) in [6.45, 7) is 7.02. The molecule has 0 bridgehead atoms. The molecule has 0 fully saturated rings. The van der Waals surface area contributed by atoms with E-state index in [0.717, 1.165) is 41.6 Å². The Labute approximate surface area is 171 Å². The Morgan fingerprint density at radius 2 is 1.96 bits per heavy atom. The van der Waals surface area contributed by atoms with Gasteiger partial charge in [0.25, 0.3) is 0 Å². The monoisotopic (exact) mass is 408 g/mol. The minimum absolute atomic E-state index is 0.0721. The predicted octanol–water partition coefficient (Wildman–Crippen LogP) is 5.50. The minimum atomic E-state index is -0.0721. The number of carbonyl (C=O) groups excluding carboxylic acids is 1. The van der Waals surface area contributed by atoms with Gasteiger partial charge in [-0.25, -0.2) is 0 Å². The first-order chi connectivity index (χ1) is 13.1. The third-order valence-electron chi connectivity index (χ3n) is 4.49. The molecular formula is C20H29ClN4OS. The first-order valence-electron chi connectivity index (χ1n) is 9.66. The molecule has 1 aromatic carbocycles. The number of hydrogen-bond acceptors (Lipinski definition) is 4. The standard InChI is InChI=1S/C20H29ClN4OS/c1-4-6-7-8-9-13-18-23-24-20(25(18)5-2)27-14-19(26)22-17-12-10-11-16(21)15(17)3/h10-12H,4-9,13-14H2,1-3H3,(H,22,26). The molecule has 0 aliphatic carbocycles. The molecule has 0 saturated heterocycles. The molecule has 5 nitrogen and oxygen atoms in total. The molecule has 7 heteroatoms. The Morgan fingerprint density at radius 3 is 2.70 bits per heavy atom. The number of nitrogens with zero attached hydrogens (tertiary/aromatic N) is 3. The molecule has 0 atom stereocenters. The second-order valence-corrected chi connectivity index (χ2v) is 7.91. The summed E-state index contributed by atoms with van der Waals surface area (Å²) in [5.74, 6) is 1.24. The van der Waals surface area contributed by atoms with Crippen LogP contribution < -0.4 is 5.32 Å². The van der Waals surface area contributed by atoms with Crippen LogP contribution in [0.25, 0.3) is 0 Å². The second kappa shape index (κ2) is 11.3. The van der Waals surface area contributed by atoms with Crippen LogP contribution in [0.1, 0.15) is 57.3 Å². The molecule has 0 saturated carbocycles. The number of aromatic nitrogens is 3. The highest BCUT2D eigenvalue weighted by Crippen LogP contribution is 2.24. The first kappa shape index (κ1) is 21.8. The number of thioether (sulfide) groups is 1. The van der Waals surface area contributed by atoms with Crippen LogP contribution in [0.2, 0.25) is 5.02 Å². The summed E-state index contributed by atoms with van der Waals surface area (Å²) in [7, 11) is 0. The van der Waals surface area contributed by atoms with Gasteiger partial charge in [-0.2, -0.15) is 0 Å². The molecule has 0 radical (unpaired) electrons. The summed E-state index contributed by atoms with van der Waals surface area (Å²) in [5.41, 5.74) is 1.62. The Bertz CT molecular complexity index is 748. The van der Waals surface area contributed by atoms with Gasteiger partial charge in [-0.1, -0.05) is 62.0 Å². The molecule has 2 aromatic rings. The van der Waals surface area contributed by atoms with Gasteiger partial charge < -0.3 is 9.88 Å². The van der Waals surface area contributed by atoms with Crippen molar-refractivity contribution in [2.45, 2.75) is 71.0 Å². The first-order valence-corrected chi connectivity index (χ1v) is 11.0. The number of aryl methyl sites for hydroxylation is 1. The van der Waals surface area contributed by atoms with Gasteiger partial charge in [0.2, 0.25) is 5.91 Å². The Kier molecular flexibility index (Phi) is 9.15. The largest absolute Gasteiger partial charge is 0.325 e. The lowest BCUT2D eigenvalue weighted by atomic mass is 10.1. The van der Waals surface area contributed by atoms with Gasteiger partial charge in [-0.15, -0.1) is 10.2 Å². The quantitative estimate of drug-likeness (QED) is 0.393. The molecular weight excluding hydrogens is 380 g/mol. The van der Waals surface area contributed by atoms with Gasteiger partial charge in [0.15, 0.2) is 5.16 Å². The zero-order chi connectivity index (χ0) is 19.6. The van der Waals surface area contributed by atoms with E-state index < -0.39 is 0 Å². The summed E-state index contributed by atoms with van der Waals surface area (Å²) < 4.78 is 2.11. The third kappa shape index (κ3) is 6.54. The summed E-state index contributed by atoms with van der Waals surface area (Å²) in [6.07, 6.45) is 7.14. The molecule has 1 aromatic heterocycles. The van der Waals surface area contributed by atoms with Crippen LogP contribution in [0, 0.1) is 6.92 Å². The van der Waals surface area contributed by atoms with Gasteiger partial charge in [0.05, 0.1) is 5.75 Å². The van der Waals surface area contributed by atoms with Gasteiger partial charge >= 0.3 is 0 Å². The molecule has 0 aliphatic rings.